The van der Waals surface area contributed by atoms with Gasteiger partial charge in [-0.15, -0.1) is 12.4 Å². The third-order valence-electron chi connectivity index (χ3n) is 4.94. The Morgan fingerprint density at radius 3 is 2.88 bits per heavy atom. The van der Waals surface area contributed by atoms with Gasteiger partial charge in [0.15, 0.2) is 0 Å². The second-order valence-corrected chi connectivity index (χ2v) is 6.96. The Bertz CT molecular complexity index is 754. The lowest BCUT2D eigenvalue weighted by Crippen LogP contribution is -2.42. The third-order valence-corrected chi connectivity index (χ3v) is 4.94. The molecule has 7 heteroatoms. The molecule has 1 saturated heterocycles. The molecule has 1 atom stereocenters. The number of nitrogens with zero attached hydrogens (tertiary/aromatic N) is 3. The normalized spacial score (nSPS) is 19.2. The second-order valence-electron chi connectivity index (χ2n) is 6.96. The molecule has 4 rings (SSSR count). The minimum absolute atomic E-state index is 0. The van der Waals surface area contributed by atoms with Gasteiger partial charge in [0.05, 0.1) is 0 Å². The zero-order valence-electron chi connectivity index (χ0n) is 15.0. The summed E-state index contributed by atoms with van der Waals surface area (Å²) in [5.74, 6) is 1.81. The average Bonchev–Trinajstić information content (AvgIpc) is 3.14. The number of aromatic nitrogens is 2. The zero-order chi connectivity index (χ0) is 17.2. The van der Waals surface area contributed by atoms with E-state index in [0.717, 1.165) is 56.8 Å². The van der Waals surface area contributed by atoms with Gasteiger partial charge in [-0.2, -0.15) is 4.98 Å². The van der Waals surface area contributed by atoms with Crippen molar-refractivity contribution in [2.75, 3.05) is 19.6 Å². The molecule has 1 aliphatic heterocycles. The van der Waals surface area contributed by atoms with Crippen LogP contribution in [0, 0.1) is 0 Å². The highest BCUT2D eigenvalue weighted by atomic mass is 35.5. The fourth-order valence-corrected chi connectivity index (χ4v) is 3.40. The number of hydrogen-bond donors (Lipinski definition) is 1. The van der Waals surface area contributed by atoms with E-state index >= 15 is 0 Å². The average molecular weight is 377 g/mol. The number of amides is 1. The van der Waals surface area contributed by atoms with E-state index < -0.39 is 0 Å². The summed E-state index contributed by atoms with van der Waals surface area (Å²) in [5.41, 5.74) is 1.53. The summed E-state index contributed by atoms with van der Waals surface area (Å²) in [6.07, 6.45) is 4.22. The maximum Gasteiger partial charge on any atom is 0.254 e. The molecule has 1 N–H and O–H groups in total. The van der Waals surface area contributed by atoms with Crippen LogP contribution in [-0.2, 0) is 0 Å². The Hall–Kier alpha value is -1.92. The van der Waals surface area contributed by atoms with Gasteiger partial charge in [-0.05, 0) is 44.4 Å². The number of hydrogen-bond acceptors (Lipinski definition) is 5. The van der Waals surface area contributed by atoms with Crippen molar-refractivity contribution in [1.29, 1.82) is 0 Å². The molecule has 2 aromatic rings. The molecule has 0 spiro atoms. The molecule has 140 valence electrons. The summed E-state index contributed by atoms with van der Waals surface area (Å²) in [6.45, 7) is 4.74. The first kappa shape index (κ1) is 18.9. The van der Waals surface area contributed by atoms with Gasteiger partial charge in [-0.3, -0.25) is 4.79 Å². The summed E-state index contributed by atoms with van der Waals surface area (Å²) in [7, 11) is 0. The van der Waals surface area contributed by atoms with Gasteiger partial charge in [0, 0.05) is 36.2 Å². The molecule has 1 saturated carbocycles. The van der Waals surface area contributed by atoms with Gasteiger partial charge in [-0.1, -0.05) is 24.2 Å². The van der Waals surface area contributed by atoms with Crippen LogP contribution >= 0.6 is 12.4 Å². The molecular weight excluding hydrogens is 352 g/mol. The highest BCUT2D eigenvalue weighted by molar-refractivity contribution is 5.95. The van der Waals surface area contributed by atoms with E-state index in [-0.39, 0.29) is 24.4 Å². The smallest absolute Gasteiger partial charge is 0.254 e. The molecule has 6 nitrogen and oxygen atoms in total. The molecule has 1 unspecified atom stereocenters. The SMILES string of the molecule is CCCN(C(=O)c1cccc(-c2noc(C3CC3)n2)c1)C1CCNC1.Cl. The molecule has 2 heterocycles. The largest absolute Gasteiger partial charge is 0.339 e. The van der Waals surface area contributed by atoms with Crippen molar-refractivity contribution in [3.8, 4) is 11.4 Å². The minimum atomic E-state index is 0. The fraction of sp³-hybridized carbons (Fsp3) is 0.526. The van der Waals surface area contributed by atoms with Crippen LogP contribution in [0.15, 0.2) is 28.8 Å². The van der Waals surface area contributed by atoms with E-state index in [0.29, 0.717) is 17.3 Å². The fourth-order valence-electron chi connectivity index (χ4n) is 3.40. The monoisotopic (exact) mass is 376 g/mol. The minimum Gasteiger partial charge on any atom is -0.339 e. The number of carbonyl (C=O) groups is 1. The molecule has 1 aromatic heterocycles. The molecule has 1 aliphatic carbocycles. The number of halogens is 1. The van der Waals surface area contributed by atoms with Crippen molar-refractivity contribution in [3.63, 3.8) is 0 Å². The van der Waals surface area contributed by atoms with Crippen molar-refractivity contribution in [2.45, 2.75) is 44.6 Å². The molecule has 1 amide bonds. The molecule has 2 fully saturated rings. The van der Waals surface area contributed by atoms with Gasteiger partial charge in [0.25, 0.3) is 5.91 Å². The van der Waals surface area contributed by atoms with Crippen LogP contribution < -0.4 is 5.32 Å². The second kappa shape index (κ2) is 8.18. The first-order chi connectivity index (χ1) is 12.3. The summed E-state index contributed by atoms with van der Waals surface area (Å²) in [6, 6.07) is 7.86. The zero-order valence-corrected chi connectivity index (χ0v) is 15.8. The van der Waals surface area contributed by atoms with E-state index in [1.807, 2.05) is 29.2 Å². The number of nitrogens with one attached hydrogen (secondary N) is 1. The van der Waals surface area contributed by atoms with Crippen molar-refractivity contribution in [2.24, 2.45) is 0 Å². The Morgan fingerprint density at radius 1 is 1.35 bits per heavy atom. The van der Waals surface area contributed by atoms with Crippen LogP contribution in [0.1, 0.15) is 54.8 Å². The van der Waals surface area contributed by atoms with Crippen molar-refractivity contribution >= 4 is 18.3 Å². The Morgan fingerprint density at radius 2 is 2.19 bits per heavy atom. The maximum absolute atomic E-state index is 13.1. The van der Waals surface area contributed by atoms with Crippen molar-refractivity contribution in [3.05, 3.63) is 35.7 Å². The highest BCUT2D eigenvalue weighted by Crippen LogP contribution is 2.39. The van der Waals surface area contributed by atoms with Crippen molar-refractivity contribution < 1.29 is 9.32 Å². The Labute approximate surface area is 159 Å². The van der Waals surface area contributed by atoms with Crippen LogP contribution in [0.2, 0.25) is 0 Å². The van der Waals surface area contributed by atoms with E-state index in [4.69, 9.17) is 4.52 Å². The first-order valence-corrected chi connectivity index (χ1v) is 9.22. The molecule has 0 radical (unpaired) electrons. The first-order valence-electron chi connectivity index (χ1n) is 9.22. The predicted octanol–water partition coefficient (Wildman–Crippen LogP) is 3.25. The van der Waals surface area contributed by atoms with E-state index in [2.05, 4.69) is 22.4 Å². The Balaban J connectivity index is 0.00000196. The van der Waals surface area contributed by atoms with Crippen LogP contribution in [0.25, 0.3) is 11.4 Å². The summed E-state index contributed by atoms with van der Waals surface area (Å²) >= 11 is 0. The topological polar surface area (TPSA) is 71.3 Å². The number of carbonyl (C=O) groups excluding carboxylic acids is 1. The van der Waals surface area contributed by atoms with Gasteiger partial charge < -0.3 is 14.7 Å². The highest BCUT2D eigenvalue weighted by Gasteiger charge is 2.30. The molecule has 2 aliphatic rings. The number of rotatable bonds is 6. The Kier molecular flexibility index (Phi) is 5.94. The number of benzene rings is 1. The van der Waals surface area contributed by atoms with Crippen LogP contribution in [0.4, 0.5) is 0 Å². The standard InChI is InChI=1S/C19H24N4O2.ClH/c1-2-10-23(16-8-9-20-12-16)19(24)15-5-3-4-14(11-15)17-21-18(25-22-17)13-6-7-13;/h3-5,11,13,16,20H,2,6-10,12H2,1H3;1H. The van der Waals surface area contributed by atoms with E-state index in [9.17, 15) is 4.79 Å². The molecular formula is C19H25ClN4O2. The van der Waals surface area contributed by atoms with Gasteiger partial charge in [-0.25, -0.2) is 0 Å². The third kappa shape index (κ3) is 3.91. The van der Waals surface area contributed by atoms with Crippen LogP contribution in [-0.4, -0.2) is 46.6 Å². The summed E-state index contributed by atoms with van der Waals surface area (Å²) < 4.78 is 5.35. The van der Waals surface area contributed by atoms with E-state index in [1.54, 1.807) is 0 Å². The molecule has 26 heavy (non-hydrogen) atoms. The maximum atomic E-state index is 13.1. The summed E-state index contributed by atoms with van der Waals surface area (Å²) in [4.78, 5) is 19.6. The van der Waals surface area contributed by atoms with Crippen LogP contribution in [0.3, 0.4) is 0 Å². The van der Waals surface area contributed by atoms with Crippen molar-refractivity contribution in [1.82, 2.24) is 20.4 Å². The molecule has 0 bridgehead atoms. The van der Waals surface area contributed by atoms with E-state index in [1.165, 1.54) is 0 Å². The quantitative estimate of drug-likeness (QED) is 0.837. The lowest BCUT2D eigenvalue weighted by molar-refractivity contribution is 0.0692. The summed E-state index contributed by atoms with van der Waals surface area (Å²) in [5, 5.41) is 7.43. The predicted molar refractivity (Wildman–Crippen MR) is 102 cm³/mol. The van der Waals surface area contributed by atoms with Gasteiger partial charge >= 0.3 is 0 Å². The van der Waals surface area contributed by atoms with Gasteiger partial charge in [0.2, 0.25) is 11.7 Å². The van der Waals surface area contributed by atoms with Crippen LogP contribution in [0.5, 0.6) is 0 Å². The lowest BCUT2D eigenvalue weighted by Gasteiger charge is -2.28. The lowest BCUT2D eigenvalue weighted by atomic mass is 10.1. The molecule has 1 aromatic carbocycles. The van der Waals surface area contributed by atoms with Gasteiger partial charge in [0.1, 0.15) is 0 Å².